The monoisotopic (exact) mass is 412 g/mol. The molecule has 1 atom stereocenters. The van der Waals surface area contributed by atoms with E-state index in [1.54, 1.807) is 25.1 Å². The molecule has 0 unspecified atom stereocenters. The molecular formula is C21H20N2O7. The molecule has 0 bridgehead atoms. The summed E-state index contributed by atoms with van der Waals surface area (Å²) in [6.45, 7) is 2.72. The molecule has 1 N–H and O–H groups in total. The number of amides is 1. The maximum Gasteiger partial charge on any atom is 0.344 e. The Kier molecular flexibility index (Phi) is 5.26. The zero-order valence-electron chi connectivity index (χ0n) is 16.5. The standard InChI is InChI=1S/C21H20N2O7/c1-11-8-18(23-30-11)22-20(25)12(2)28-19(24)10-27-13-6-7-15-14-4-3-5-16(14)21(26)29-17(15)9-13/h6-9,12H,3-5,10H2,1-2H3,(H,22,23,25)/t12-/m0/s1. The normalized spacial score (nSPS) is 13.7. The predicted octanol–water partition coefficient (Wildman–Crippen LogP) is 2.53. The Labute approximate surface area is 170 Å². The van der Waals surface area contributed by atoms with Crippen molar-refractivity contribution in [2.75, 3.05) is 11.9 Å². The fourth-order valence-corrected chi connectivity index (χ4v) is 3.43. The molecule has 1 aliphatic carbocycles. The van der Waals surface area contributed by atoms with Gasteiger partial charge in [0.15, 0.2) is 18.5 Å². The van der Waals surface area contributed by atoms with Gasteiger partial charge in [-0.15, -0.1) is 0 Å². The summed E-state index contributed by atoms with van der Waals surface area (Å²) in [6, 6.07) is 6.64. The average molecular weight is 412 g/mol. The van der Waals surface area contributed by atoms with Crippen molar-refractivity contribution in [1.82, 2.24) is 5.16 Å². The van der Waals surface area contributed by atoms with Crippen molar-refractivity contribution in [3.05, 3.63) is 51.6 Å². The number of carbonyl (C=O) groups excluding carboxylic acids is 2. The zero-order valence-corrected chi connectivity index (χ0v) is 16.5. The van der Waals surface area contributed by atoms with Crippen molar-refractivity contribution in [2.24, 2.45) is 0 Å². The lowest BCUT2D eigenvalue weighted by atomic mass is 10.1. The molecule has 0 fully saturated rings. The fourth-order valence-electron chi connectivity index (χ4n) is 3.43. The minimum absolute atomic E-state index is 0.237. The van der Waals surface area contributed by atoms with Gasteiger partial charge in [-0.25, -0.2) is 9.59 Å². The number of nitrogens with one attached hydrogen (secondary N) is 1. The quantitative estimate of drug-likeness (QED) is 0.484. The van der Waals surface area contributed by atoms with Crippen LogP contribution in [0.25, 0.3) is 11.0 Å². The zero-order chi connectivity index (χ0) is 21.3. The number of hydrogen-bond donors (Lipinski definition) is 1. The van der Waals surface area contributed by atoms with E-state index in [-0.39, 0.29) is 11.4 Å². The predicted molar refractivity (Wildman–Crippen MR) is 105 cm³/mol. The number of carbonyl (C=O) groups is 2. The minimum atomic E-state index is -1.05. The Bertz CT molecular complexity index is 1180. The van der Waals surface area contributed by atoms with Gasteiger partial charge in [0.25, 0.3) is 5.91 Å². The van der Waals surface area contributed by atoms with E-state index in [0.29, 0.717) is 17.1 Å². The summed E-state index contributed by atoms with van der Waals surface area (Å²) in [7, 11) is 0. The van der Waals surface area contributed by atoms with Gasteiger partial charge in [-0.3, -0.25) is 4.79 Å². The van der Waals surface area contributed by atoms with Gasteiger partial charge in [0.2, 0.25) is 0 Å². The summed E-state index contributed by atoms with van der Waals surface area (Å²) < 4.78 is 20.8. The third-order valence-electron chi connectivity index (χ3n) is 4.86. The van der Waals surface area contributed by atoms with Gasteiger partial charge in [0.1, 0.15) is 17.1 Å². The summed E-state index contributed by atoms with van der Waals surface area (Å²) in [5.41, 5.74) is 1.86. The Balaban J connectivity index is 1.35. The van der Waals surface area contributed by atoms with Crippen molar-refractivity contribution in [2.45, 2.75) is 39.2 Å². The smallest absolute Gasteiger partial charge is 0.344 e. The SMILES string of the molecule is Cc1cc(NC(=O)[C@H](C)OC(=O)COc2ccc3c4c(c(=O)oc3c2)CCC4)no1. The molecule has 4 rings (SSSR count). The highest BCUT2D eigenvalue weighted by atomic mass is 16.6. The van der Waals surface area contributed by atoms with Crippen molar-refractivity contribution >= 4 is 28.7 Å². The number of esters is 1. The molecular weight excluding hydrogens is 392 g/mol. The molecule has 1 aliphatic rings. The highest BCUT2D eigenvalue weighted by molar-refractivity contribution is 5.94. The van der Waals surface area contributed by atoms with Gasteiger partial charge in [0, 0.05) is 23.1 Å². The Hall–Kier alpha value is -3.62. The van der Waals surface area contributed by atoms with Crippen molar-refractivity contribution in [3.8, 4) is 5.75 Å². The number of aryl methyl sites for hydroxylation is 2. The average Bonchev–Trinajstić information content (AvgIpc) is 3.36. The fraction of sp³-hybridized carbons (Fsp3) is 0.333. The molecule has 9 heteroatoms. The molecule has 2 heterocycles. The third kappa shape index (κ3) is 4.05. The van der Waals surface area contributed by atoms with Gasteiger partial charge in [-0.05, 0) is 50.8 Å². The molecule has 0 aliphatic heterocycles. The molecule has 3 aromatic rings. The molecule has 1 amide bonds. The largest absolute Gasteiger partial charge is 0.482 e. The maximum absolute atomic E-state index is 12.1. The number of rotatable bonds is 6. The van der Waals surface area contributed by atoms with E-state index in [9.17, 15) is 14.4 Å². The molecule has 2 aromatic heterocycles. The van der Waals surface area contributed by atoms with Gasteiger partial charge in [0.05, 0.1) is 0 Å². The molecule has 30 heavy (non-hydrogen) atoms. The topological polar surface area (TPSA) is 121 Å². The summed E-state index contributed by atoms with van der Waals surface area (Å²) in [5.74, 6) is -0.126. The number of anilines is 1. The summed E-state index contributed by atoms with van der Waals surface area (Å²) in [4.78, 5) is 36.2. The van der Waals surface area contributed by atoms with Gasteiger partial charge >= 0.3 is 11.6 Å². The Morgan fingerprint density at radius 1 is 1.23 bits per heavy atom. The molecule has 0 saturated carbocycles. The number of nitrogens with zero attached hydrogens (tertiary/aromatic N) is 1. The second-order valence-electron chi connectivity index (χ2n) is 7.09. The van der Waals surface area contributed by atoms with Crippen molar-refractivity contribution in [3.63, 3.8) is 0 Å². The van der Waals surface area contributed by atoms with Gasteiger partial charge in [-0.2, -0.15) is 0 Å². The summed E-state index contributed by atoms with van der Waals surface area (Å²) >= 11 is 0. The lowest BCUT2D eigenvalue weighted by molar-refractivity contribution is -0.155. The van der Waals surface area contributed by atoms with Crippen LogP contribution >= 0.6 is 0 Å². The van der Waals surface area contributed by atoms with Gasteiger partial charge in [-0.1, -0.05) is 5.16 Å². The van der Waals surface area contributed by atoms with E-state index in [1.165, 1.54) is 6.92 Å². The molecule has 0 radical (unpaired) electrons. The van der Waals surface area contributed by atoms with Crippen LogP contribution in [0, 0.1) is 6.92 Å². The highest BCUT2D eigenvalue weighted by Crippen LogP contribution is 2.29. The van der Waals surface area contributed by atoms with Gasteiger partial charge < -0.3 is 23.7 Å². The first-order valence-electron chi connectivity index (χ1n) is 9.56. The molecule has 9 nitrogen and oxygen atoms in total. The van der Waals surface area contributed by atoms with Crippen molar-refractivity contribution in [1.29, 1.82) is 0 Å². The first kappa shape index (κ1) is 19.7. The van der Waals surface area contributed by atoms with E-state index in [2.05, 4.69) is 10.5 Å². The van der Waals surface area contributed by atoms with Crippen LogP contribution in [0.4, 0.5) is 5.82 Å². The Morgan fingerprint density at radius 2 is 2.03 bits per heavy atom. The van der Waals surface area contributed by atoms with Crippen LogP contribution in [0.2, 0.25) is 0 Å². The second kappa shape index (κ2) is 8.02. The van der Waals surface area contributed by atoms with Crippen LogP contribution in [0.5, 0.6) is 5.75 Å². The van der Waals surface area contributed by atoms with E-state index in [0.717, 1.165) is 35.8 Å². The summed E-state index contributed by atoms with van der Waals surface area (Å²) in [6.07, 6.45) is 1.47. The van der Waals surface area contributed by atoms with Crippen LogP contribution in [0.3, 0.4) is 0 Å². The maximum atomic E-state index is 12.1. The first-order valence-corrected chi connectivity index (χ1v) is 9.56. The molecule has 0 spiro atoms. The van der Waals surface area contributed by atoms with Crippen LogP contribution < -0.4 is 15.7 Å². The third-order valence-corrected chi connectivity index (χ3v) is 4.86. The molecule has 156 valence electrons. The second-order valence-corrected chi connectivity index (χ2v) is 7.09. The number of aromatic nitrogens is 1. The Morgan fingerprint density at radius 3 is 2.80 bits per heavy atom. The first-order chi connectivity index (χ1) is 14.4. The lowest BCUT2D eigenvalue weighted by Gasteiger charge is -2.13. The highest BCUT2D eigenvalue weighted by Gasteiger charge is 2.21. The number of ether oxygens (including phenoxy) is 2. The molecule has 0 saturated heterocycles. The minimum Gasteiger partial charge on any atom is -0.482 e. The number of benzene rings is 1. The van der Waals surface area contributed by atoms with Crippen LogP contribution in [-0.4, -0.2) is 29.7 Å². The summed E-state index contributed by atoms with van der Waals surface area (Å²) in [5, 5.41) is 7.01. The van der Waals surface area contributed by atoms with E-state index >= 15 is 0 Å². The van der Waals surface area contributed by atoms with Crippen LogP contribution in [0.1, 0.15) is 30.2 Å². The van der Waals surface area contributed by atoms with Crippen molar-refractivity contribution < 1.29 is 28.0 Å². The lowest BCUT2D eigenvalue weighted by Crippen LogP contribution is -2.31. The number of fused-ring (bicyclic) bond motifs is 3. The van der Waals surface area contributed by atoms with E-state index in [4.69, 9.17) is 18.4 Å². The van der Waals surface area contributed by atoms with E-state index in [1.807, 2.05) is 6.07 Å². The van der Waals surface area contributed by atoms with E-state index < -0.39 is 24.6 Å². The van der Waals surface area contributed by atoms with Crippen LogP contribution in [0.15, 0.2) is 38.0 Å². The van der Waals surface area contributed by atoms with Crippen LogP contribution in [-0.2, 0) is 27.2 Å². The molecule has 1 aromatic carbocycles. The number of hydrogen-bond acceptors (Lipinski definition) is 8.